The van der Waals surface area contributed by atoms with Gasteiger partial charge in [-0.15, -0.1) is 0 Å². The summed E-state index contributed by atoms with van der Waals surface area (Å²) in [7, 11) is 3.54. The molecule has 5 heteroatoms. The lowest BCUT2D eigenvalue weighted by molar-refractivity contribution is -0.120. The Kier molecular flexibility index (Phi) is 6.02. The molecule has 2 rings (SSSR count). The van der Waals surface area contributed by atoms with E-state index in [0.29, 0.717) is 18.9 Å². The minimum atomic E-state index is -0.146. The van der Waals surface area contributed by atoms with Crippen molar-refractivity contribution < 1.29 is 9.90 Å². The Morgan fingerprint density at radius 3 is 2.43 bits per heavy atom. The van der Waals surface area contributed by atoms with Crippen LogP contribution in [0, 0.1) is 5.41 Å². The van der Waals surface area contributed by atoms with Crippen LogP contribution in [0.4, 0.5) is 0 Å². The van der Waals surface area contributed by atoms with Crippen molar-refractivity contribution >= 4 is 27.5 Å². The molecule has 1 aromatic carbocycles. The first kappa shape index (κ1) is 16.7. The fraction of sp³-hybridized carbons (Fsp3) is 0.562. The van der Waals surface area contributed by atoms with Gasteiger partial charge in [0.15, 0.2) is 0 Å². The highest BCUT2D eigenvalue weighted by Gasteiger charge is 2.34. The van der Waals surface area contributed by atoms with Gasteiger partial charge in [0.1, 0.15) is 0 Å². The Hall–Kier alpha value is -0.650. The molecular formula is C16H23NO2S2. The molecular weight excluding hydrogens is 302 g/mol. The zero-order valence-corrected chi connectivity index (χ0v) is 14.2. The van der Waals surface area contributed by atoms with Gasteiger partial charge < -0.3 is 10.4 Å². The molecule has 3 nitrogen and oxygen atoms in total. The van der Waals surface area contributed by atoms with Gasteiger partial charge in [-0.05, 0) is 17.0 Å². The van der Waals surface area contributed by atoms with Crippen molar-refractivity contribution in [3.63, 3.8) is 0 Å². The van der Waals surface area contributed by atoms with Crippen molar-refractivity contribution in [1.29, 1.82) is 0 Å². The summed E-state index contributed by atoms with van der Waals surface area (Å²) in [6.45, 7) is 5.02. The van der Waals surface area contributed by atoms with Crippen LogP contribution in [0.2, 0.25) is 0 Å². The maximum absolute atomic E-state index is 12.0. The van der Waals surface area contributed by atoms with E-state index in [0.717, 1.165) is 17.1 Å². The van der Waals surface area contributed by atoms with E-state index in [2.05, 4.69) is 31.3 Å². The summed E-state index contributed by atoms with van der Waals surface area (Å²) < 4.78 is 0. The van der Waals surface area contributed by atoms with Crippen molar-refractivity contribution in [2.75, 3.05) is 24.7 Å². The monoisotopic (exact) mass is 325 g/mol. The van der Waals surface area contributed by atoms with Crippen LogP contribution in [0.1, 0.15) is 30.9 Å². The van der Waals surface area contributed by atoms with Crippen LogP contribution >= 0.6 is 21.6 Å². The van der Waals surface area contributed by atoms with E-state index in [1.54, 1.807) is 21.6 Å². The summed E-state index contributed by atoms with van der Waals surface area (Å²) in [5.74, 6) is 2.34. The van der Waals surface area contributed by atoms with E-state index in [1.807, 2.05) is 12.1 Å². The van der Waals surface area contributed by atoms with Gasteiger partial charge in [0.05, 0.1) is 13.0 Å². The van der Waals surface area contributed by atoms with Crippen LogP contribution in [0.15, 0.2) is 24.3 Å². The largest absolute Gasteiger partial charge is 0.396 e. The Labute approximate surface area is 134 Å². The molecule has 1 aliphatic heterocycles. The fourth-order valence-electron chi connectivity index (χ4n) is 2.18. The minimum absolute atomic E-state index is 0.0296. The van der Waals surface area contributed by atoms with E-state index < -0.39 is 0 Å². The second-order valence-corrected chi connectivity index (χ2v) is 8.50. The van der Waals surface area contributed by atoms with Crippen molar-refractivity contribution in [3.05, 3.63) is 35.4 Å². The Balaban J connectivity index is 1.84. The summed E-state index contributed by atoms with van der Waals surface area (Å²) in [4.78, 5) is 12.0. The molecule has 2 N–H and O–H groups in total. The van der Waals surface area contributed by atoms with Gasteiger partial charge in [-0.1, -0.05) is 59.7 Å². The molecule has 21 heavy (non-hydrogen) atoms. The normalized spacial score (nSPS) is 17.1. The Morgan fingerprint density at radius 1 is 1.29 bits per heavy atom. The van der Waals surface area contributed by atoms with E-state index in [1.165, 1.54) is 5.56 Å². The van der Waals surface area contributed by atoms with E-state index in [9.17, 15) is 9.90 Å². The third-order valence-corrected chi connectivity index (χ3v) is 6.65. The van der Waals surface area contributed by atoms with E-state index >= 15 is 0 Å². The first-order valence-corrected chi connectivity index (χ1v) is 9.74. The minimum Gasteiger partial charge on any atom is -0.396 e. The summed E-state index contributed by atoms with van der Waals surface area (Å²) in [5, 5.41) is 12.5. The Morgan fingerprint density at radius 2 is 1.90 bits per heavy atom. The van der Waals surface area contributed by atoms with Crippen LogP contribution in [0.5, 0.6) is 0 Å². The van der Waals surface area contributed by atoms with Crippen LogP contribution in [0.3, 0.4) is 0 Å². The third-order valence-electron chi connectivity index (χ3n) is 3.82. The predicted molar refractivity (Wildman–Crippen MR) is 91.7 cm³/mol. The SMILES string of the molecule is CC(C)c1ccc(CC(=O)NCC2(CO)CSSC2)cc1. The van der Waals surface area contributed by atoms with Gasteiger partial charge in [0.2, 0.25) is 5.91 Å². The molecule has 1 amide bonds. The van der Waals surface area contributed by atoms with E-state index in [-0.39, 0.29) is 17.9 Å². The molecule has 0 saturated carbocycles. The lowest BCUT2D eigenvalue weighted by Crippen LogP contribution is -2.42. The van der Waals surface area contributed by atoms with Crippen molar-refractivity contribution in [3.8, 4) is 0 Å². The lowest BCUT2D eigenvalue weighted by atomic mass is 9.94. The number of carbonyl (C=O) groups is 1. The maximum Gasteiger partial charge on any atom is 0.224 e. The van der Waals surface area contributed by atoms with Crippen molar-refractivity contribution in [1.82, 2.24) is 5.32 Å². The molecule has 0 unspecified atom stereocenters. The number of aliphatic hydroxyl groups excluding tert-OH is 1. The quantitative estimate of drug-likeness (QED) is 0.790. The molecule has 1 fully saturated rings. The number of aliphatic hydroxyl groups is 1. The van der Waals surface area contributed by atoms with Crippen molar-refractivity contribution in [2.45, 2.75) is 26.2 Å². The van der Waals surface area contributed by atoms with Gasteiger partial charge in [-0.25, -0.2) is 0 Å². The summed E-state index contributed by atoms with van der Waals surface area (Å²) in [6, 6.07) is 8.23. The molecule has 0 atom stereocenters. The van der Waals surface area contributed by atoms with Crippen LogP contribution in [0.25, 0.3) is 0 Å². The predicted octanol–water partition coefficient (Wildman–Crippen LogP) is 2.84. The topological polar surface area (TPSA) is 49.3 Å². The number of rotatable bonds is 6. The number of hydrogen-bond donors (Lipinski definition) is 2. The number of benzene rings is 1. The van der Waals surface area contributed by atoms with Gasteiger partial charge in [-0.3, -0.25) is 4.79 Å². The summed E-state index contributed by atoms with van der Waals surface area (Å²) in [6.07, 6.45) is 0.403. The van der Waals surface area contributed by atoms with Gasteiger partial charge in [-0.2, -0.15) is 0 Å². The zero-order chi connectivity index (χ0) is 15.3. The van der Waals surface area contributed by atoms with Gasteiger partial charge in [0.25, 0.3) is 0 Å². The molecule has 1 aliphatic rings. The van der Waals surface area contributed by atoms with Crippen LogP contribution in [-0.4, -0.2) is 35.7 Å². The second-order valence-electron chi connectivity index (χ2n) is 6.03. The fourth-order valence-corrected chi connectivity index (χ4v) is 5.57. The molecule has 1 aromatic rings. The first-order chi connectivity index (χ1) is 10.0. The summed E-state index contributed by atoms with van der Waals surface area (Å²) in [5.41, 5.74) is 2.18. The molecule has 1 heterocycles. The Bertz CT molecular complexity index is 468. The molecule has 116 valence electrons. The summed E-state index contributed by atoms with van der Waals surface area (Å²) >= 11 is 0. The lowest BCUT2D eigenvalue weighted by Gasteiger charge is -2.24. The molecule has 0 aromatic heterocycles. The van der Waals surface area contributed by atoms with Crippen LogP contribution in [-0.2, 0) is 11.2 Å². The molecule has 0 bridgehead atoms. The highest BCUT2D eigenvalue weighted by molar-refractivity contribution is 8.77. The highest BCUT2D eigenvalue weighted by Crippen LogP contribution is 2.42. The molecule has 0 spiro atoms. The molecule has 1 saturated heterocycles. The zero-order valence-electron chi connectivity index (χ0n) is 12.6. The number of amides is 1. The molecule has 0 aliphatic carbocycles. The highest BCUT2D eigenvalue weighted by atomic mass is 33.1. The number of carbonyl (C=O) groups excluding carboxylic acids is 1. The average Bonchev–Trinajstić information content (AvgIpc) is 2.95. The average molecular weight is 325 g/mol. The molecule has 0 radical (unpaired) electrons. The van der Waals surface area contributed by atoms with Crippen LogP contribution < -0.4 is 5.32 Å². The van der Waals surface area contributed by atoms with Gasteiger partial charge >= 0.3 is 0 Å². The third kappa shape index (κ3) is 4.66. The first-order valence-electron chi connectivity index (χ1n) is 7.25. The maximum atomic E-state index is 12.0. The number of hydrogen-bond acceptors (Lipinski definition) is 4. The number of nitrogens with one attached hydrogen (secondary N) is 1. The van der Waals surface area contributed by atoms with Crippen molar-refractivity contribution in [2.24, 2.45) is 5.41 Å². The second kappa shape index (κ2) is 7.56. The standard InChI is InChI=1S/C16H23NO2S2/c1-12(2)14-5-3-13(4-6-14)7-15(19)17-8-16(9-18)10-20-21-11-16/h3-6,12,18H,7-11H2,1-2H3,(H,17,19). The smallest absolute Gasteiger partial charge is 0.224 e. The van der Waals surface area contributed by atoms with E-state index in [4.69, 9.17) is 0 Å². The van der Waals surface area contributed by atoms with Gasteiger partial charge in [0, 0.05) is 23.5 Å².